The maximum atomic E-state index is 12.3. The molecule has 0 bridgehead atoms. The molecule has 1 N–H and O–H groups in total. The Hall–Kier alpha value is -3.20. The van der Waals surface area contributed by atoms with Gasteiger partial charge in [0.15, 0.2) is 0 Å². The van der Waals surface area contributed by atoms with Gasteiger partial charge in [-0.1, -0.05) is 72.8 Å². The van der Waals surface area contributed by atoms with E-state index in [1.165, 1.54) is 16.7 Å². The van der Waals surface area contributed by atoms with E-state index in [1.54, 1.807) is 12.3 Å². The fourth-order valence-corrected chi connectivity index (χ4v) is 4.30. The van der Waals surface area contributed by atoms with Crippen molar-refractivity contribution in [3.8, 4) is 0 Å². The Morgan fingerprint density at radius 3 is 2.30 bits per heavy atom. The summed E-state index contributed by atoms with van der Waals surface area (Å²) in [5.74, 6) is 0.344. The van der Waals surface area contributed by atoms with Crippen LogP contribution in [-0.2, 0) is 16.6 Å². The van der Waals surface area contributed by atoms with Crippen LogP contribution >= 0.6 is 0 Å². The van der Waals surface area contributed by atoms with E-state index in [0.29, 0.717) is 12.5 Å². The molecule has 0 radical (unpaired) electrons. The minimum absolute atomic E-state index is 0.00157. The van der Waals surface area contributed by atoms with Crippen molar-refractivity contribution in [2.24, 2.45) is 5.92 Å². The molecular weight excluding hydrogens is 368 g/mol. The number of nitrogens with one attached hydrogen (secondary N) is 1. The maximum Gasteiger partial charge on any atom is 0.243 e. The number of hydrogen-bond acceptors (Lipinski definition) is 2. The fourth-order valence-electron chi connectivity index (χ4n) is 4.30. The van der Waals surface area contributed by atoms with Crippen LogP contribution in [0.1, 0.15) is 36.0 Å². The summed E-state index contributed by atoms with van der Waals surface area (Å²) in [7, 11) is 0. The van der Waals surface area contributed by atoms with Crippen molar-refractivity contribution < 1.29 is 4.79 Å². The third-order valence-corrected chi connectivity index (χ3v) is 5.99. The molecule has 2 aromatic carbocycles. The third-order valence-electron chi connectivity index (χ3n) is 5.99. The minimum Gasteiger partial charge on any atom is -0.353 e. The molecule has 0 aliphatic heterocycles. The normalized spacial score (nSPS) is 17.0. The summed E-state index contributed by atoms with van der Waals surface area (Å²) in [5, 5.41) is 3.02. The van der Waals surface area contributed by atoms with Crippen molar-refractivity contribution in [2.45, 2.75) is 31.1 Å². The van der Waals surface area contributed by atoms with Gasteiger partial charge in [-0.05, 0) is 60.4 Å². The van der Waals surface area contributed by atoms with Crippen molar-refractivity contribution in [1.29, 1.82) is 0 Å². The van der Waals surface area contributed by atoms with E-state index in [-0.39, 0.29) is 11.3 Å². The van der Waals surface area contributed by atoms with E-state index < -0.39 is 0 Å². The predicted molar refractivity (Wildman–Crippen MR) is 121 cm³/mol. The number of nitrogens with zero attached hydrogens (tertiary/aromatic N) is 1. The van der Waals surface area contributed by atoms with Crippen LogP contribution in [0, 0.1) is 5.92 Å². The van der Waals surface area contributed by atoms with Crippen LogP contribution in [0.4, 0.5) is 0 Å². The molecule has 1 atom stereocenters. The highest BCUT2D eigenvalue weighted by molar-refractivity contribution is 5.87. The van der Waals surface area contributed by atoms with Crippen LogP contribution in [0.25, 0.3) is 0 Å². The van der Waals surface area contributed by atoms with Gasteiger partial charge in [0.1, 0.15) is 0 Å². The zero-order valence-electron chi connectivity index (χ0n) is 17.2. The lowest BCUT2D eigenvalue weighted by Gasteiger charge is -2.18. The van der Waals surface area contributed by atoms with Gasteiger partial charge in [-0.2, -0.15) is 0 Å². The molecule has 0 saturated heterocycles. The Morgan fingerprint density at radius 2 is 1.67 bits per heavy atom. The van der Waals surface area contributed by atoms with E-state index in [9.17, 15) is 4.79 Å². The zero-order chi connectivity index (χ0) is 20.7. The Kier molecular flexibility index (Phi) is 6.38. The molecule has 3 nitrogen and oxygen atoms in total. The molecule has 1 fully saturated rings. The lowest BCUT2D eigenvalue weighted by molar-refractivity contribution is -0.116. The maximum absolute atomic E-state index is 12.3. The molecule has 1 amide bonds. The number of allylic oxidation sites excluding steroid dienone is 1. The number of aryl methyl sites for hydroxylation is 1. The Bertz CT molecular complexity index is 928. The quantitative estimate of drug-likeness (QED) is 0.405. The van der Waals surface area contributed by atoms with Crippen LogP contribution < -0.4 is 5.32 Å². The molecule has 4 rings (SSSR count). The second-order valence-electron chi connectivity index (χ2n) is 7.98. The molecule has 1 aromatic heterocycles. The highest BCUT2D eigenvalue weighted by Crippen LogP contribution is 2.59. The van der Waals surface area contributed by atoms with Crippen LogP contribution in [-0.4, -0.2) is 17.4 Å². The number of benzene rings is 2. The summed E-state index contributed by atoms with van der Waals surface area (Å²) in [6, 6.07) is 25.3. The first-order valence-corrected chi connectivity index (χ1v) is 10.7. The van der Waals surface area contributed by atoms with Crippen molar-refractivity contribution in [3.63, 3.8) is 0 Å². The highest BCUT2D eigenvalue weighted by Gasteiger charge is 2.54. The Morgan fingerprint density at radius 1 is 0.967 bits per heavy atom. The molecule has 1 aliphatic carbocycles. The average Bonchev–Trinajstić information content (AvgIpc) is 3.55. The summed E-state index contributed by atoms with van der Waals surface area (Å²) in [4.78, 5) is 16.4. The van der Waals surface area contributed by atoms with Gasteiger partial charge in [0, 0.05) is 24.4 Å². The smallest absolute Gasteiger partial charge is 0.243 e. The van der Waals surface area contributed by atoms with Gasteiger partial charge in [0.2, 0.25) is 5.91 Å². The first kappa shape index (κ1) is 20.1. The number of aromatic nitrogens is 1. The van der Waals surface area contributed by atoms with Crippen LogP contribution in [0.15, 0.2) is 97.3 Å². The largest absolute Gasteiger partial charge is 0.353 e. The molecule has 3 heteroatoms. The van der Waals surface area contributed by atoms with Gasteiger partial charge in [0.25, 0.3) is 0 Å². The number of unbranched alkanes of at least 4 members (excludes halogenated alkanes) is 1. The van der Waals surface area contributed by atoms with Crippen molar-refractivity contribution in [3.05, 3.63) is 114 Å². The van der Waals surface area contributed by atoms with E-state index in [0.717, 1.165) is 25.7 Å². The lowest BCUT2D eigenvalue weighted by atomic mass is 9.85. The van der Waals surface area contributed by atoms with Gasteiger partial charge in [-0.3, -0.25) is 9.78 Å². The SMILES string of the molecule is O=C(/C=C/[C@@H]1CC1(c1ccccc1)c1ccccc1)NCCCCc1cccnc1. The number of pyridine rings is 1. The highest BCUT2D eigenvalue weighted by atomic mass is 16.1. The molecular formula is C27H28N2O. The average molecular weight is 397 g/mol. The summed E-state index contributed by atoms with van der Waals surface area (Å²) in [6.07, 6.45) is 11.6. The summed E-state index contributed by atoms with van der Waals surface area (Å²) >= 11 is 0. The summed E-state index contributed by atoms with van der Waals surface area (Å²) in [6.45, 7) is 0.705. The number of carbonyl (C=O) groups excluding carboxylic acids is 1. The molecule has 3 aromatic rings. The lowest BCUT2D eigenvalue weighted by Crippen LogP contribution is -2.22. The number of carbonyl (C=O) groups is 1. The zero-order valence-corrected chi connectivity index (χ0v) is 17.2. The van der Waals surface area contributed by atoms with Crippen LogP contribution in [0.2, 0.25) is 0 Å². The van der Waals surface area contributed by atoms with E-state index in [1.807, 2.05) is 12.3 Å². The van der Waals surface area contributed by atoms with Gasteiger partial charge >= 0.3 is 0 Å². The number of amides is 1. The van der Waals surface area contributed by atoms with E-state index in [2.05, 4.69) is 83.1 Å². The number of rotatable bonds is 9. The minimum atomic E-state index is -0.0109. The Labute approximate surface area is 178 Å². The van der Waals surface area contributed by atoms with Gasteiger partial charge in [-0.25, -0.2) is 0 Å². The molecule has 0 spiro atoms. The first-order valence-electron chi connectivity index (χ1n) is 10.7. The van der Waals surface area contributed by atoms with Gasteiger partial charge in [0.05, 0.1) is 0 Å². The fraction of sp³-hybridized carbons (Fsp3) is 0.259. The first-order chi connectivity index (χ1) is 14.8. The van der Waals surface area contributed by atoms with Crippen LogP contribution in [0.5, 0.6) is 0 Å². The third kappa shape index (κ3) is 4.68. The standard InChI is InChI=1S/C27H28N2O/c30-26(29-19-8-7-10-22-11-9-18-28-21-22)17-16-25-20-27(25,23-12-3-1-4-13-23)24-14-5-2-6-15-24/h1-6,9,11-18,21,25H,7-8,10,19-20H2,(H,29,30)/b17-16+/t25-/m1/s1. The summed E-state index contributed by atoms with van der Waals surface area (Å²) in [5.41, 5.74) is 3.88. The molecule has 1 heterocycles. The molecule has 0 unspecified atom stereocenters. The van der Waals surface area contributed by atoms with Crippen LogP contribution in [0.3, 0.4) is 0 Å². The van der Waals surface area contributed by atoms with E-state index >= 15 is 0 Å². The molecule has 30 heavy (non-hydrogen) atoms. The second-order valence-corrected chi connectivity index (χ2v) is 7.98. The predicted octanol–water partition coefficient (Wildman–Crippen LogP) is 5.08. The molecule has 152 valence electrons. The van der Waals surface area contributed by atoms with Crippen molar-refractivity contribution >= 4 is 5.91 Å². The molecule has 1 saturated carbocycles. The summed E-state index contributed by atoms with van der Waals surface area (Å²) < 4.78 is 0. The second kappa shape index (κ2) is 9.53. The van der Waals surface area contributed by atoms with E-state index in [4.69, 9.17) is 0 Å². The molecule has 1 aliphatic rings. The van der Waals surface area contributed by atoms with Gasteiger partial charge in [-0.15, -0.1) is 0 Å². The Balaban J connectivity index is 1.30. The monoisotopic (exact) mass is 396 g/mol. The van der Waals surface area contributed by atoms with Crippen molar-refractivity contribution in [1.82, 2.24) is 10.3 Å². The number of hydrogen-bond donors (Lipinski definition) is 1. The van der Waals surface area contributed by atoms with Gasteiger partial charge < -0.3 is 5.32 Å². The van der Waals surface area contributed by atoms with Crippen molar-refractivity contribution in [2.75, 3.05) is 6.54 Å². The topological polar surface area (TPSA) is 42.0 Å².